The first-order valence-electron chi connectivity index (χ1n) is 5.13. The molecule has 0 aliphatic carbocycles. The quantitative estimate of drug-likeness (QED) is 0.517. The highest BCUT2D eigenvalue weighted by atomic mass is 16.1. The molecule has 0 atom stereocenters. The first kappa shape index (κ1) is 9.25. The minimum atomic E-state index is 0.863. The molecule has 2 rings (SSSR count). The van der Waals surface area contributed by atoms with Crippen LogP contribution in [-0.2, 0) is 17.8 Å². The molecular formula is C12H15NO. The van der Waals surface area contributed by atoms with Crippen LogP contribution in [0.2, 0.25) is 0 Å². The molecule has 0 radical (unpaired) electrons. The molecule has 2 heteroatoms. The summed E-state index contributed by atoms with van der Waals surface area (Å²) in [6.07, 6.45) is 8.33. The second-order valence-electron chi connectivity index (χ2n) is 3.81. The summed E-state index contributed by atoms with van der Waals surface area (Å²) >= 11 is 0. The number of carbonyl (C=O) groups excluding carboxylic acids is 1. The van der Waals surface area contributed by atoms with E-state index < -0.39 is 0 Å². The van der Waals surface area contributed by atoms with E-state index in [9.17, 15) is 4.79 Å². The summed E-state index contributed by atoms with van der Waals surface area (Å²) in [6, 6.07) is 2.12. The van der Waals surface area contributed by atoms with Gasteiger partial charge >= 0.3 is 0 Å². The Kier molecular flexibility index (Phi) is 2.53. The highest BCUT2D eigenvalue weighted by Crippen LogP contribution is 2.25. The molecule has 0 aromatic carbocycles. The fourth-order valence-corrected chi connectivity index (χ4v) is 2.12. The second kappa shape index (κ2) is 3.82. The number of aryl methyl sites for hydroxylation is 1. The molecule has 2 nitrogen and oxygen atoms in total. The van der Waals surface area contributed by atoms with Gasteiger partial charge in [-0.2, -0.15) is 0 Å². The molecule has 0 N–H and O–H groups in total. The van der Waals surface area contributed by atoms with E-state index in [2.05, 4.69) is 16.8 Å². The second-order valence-corrected chi connectivity index (χ2v) is 3.81. The van der Waals surface area contributed by atoms with Gasteiger partial charge in [0.2, 0.25) is 0 Å². The lowest BCUT2D eigenvalue weighted by Crippen LogP contribution is -2.09. The maximum Gasteiger partial charge on any atom is 0.143 e. The van der Waals surface area contributed by atoms with E-state index in [4.69, 9.17) is 0 Å². The summed E-state index contributed by atoms with van der Waals surface area (Å²) in [6.45, 7) is 3.13. The molecule has 1 aliphatic heterocycles. The van der Waals surface area contributed by atoms with Gasteiger partial charge in [-0.05, 0) is 49.5 Å². The van der Waals surface area contributed by atoms with Crippen LogP contribution in [0.1, 0.15) is 31.0 Å². The van der Waals surface area contributed by atoms with Crippen LogP contribution in [0.5, 0.6) is 0 Å². The normalized spacial score (nSPS) is 16.5. The Bertz CT molecular complexity index is 374. The van der Waals surface area contributed by atoms with Gasteiger partial charge in [-0.1, -0.05) is 0 Å². The van der Waals surface area contributed by atoms with Crippen molar-refractivity contribution in [3.63, 3.8) is 0 Å². The molecule has 2 heterocycles. The van der Waals surface area contributed by atoms with Crippen molar-refractivity contribution in [1.82, 2.24) is 4.57 Å². The zero-order valence-electron chi connectivity index (χ0n) is 8.49. The Balaban J connectivity index is 2.39. The summed E-state index contributed by atoms with van der Waals surface area (Å²) in [7, 11) is 0. The summed E-state index contributed by atoms with van der Waals surface area (Å²) in [5.74, 6) is 0. The number of fused-ring (bicyclic) bond motifs is 1. The molecule has 0 unspecified atom stereocenters. The standard InChI is InChI=1S/C12H15NO/c1-10(6-9-14)11-5-8-13-7-3-2-4-12(11)13/h5-6,8-9H,2-4,7H2,1H3/b10-6+. The summed E-state index contributed by atoms with van der Waals surface area (Å²) in [5, 5.41) is 0. The smallest absolute Gasteiger partial charge is 0.143 e. The lowest BCUT2D eigenvalue weighted by Gasteiger charge is -2.16. The summed E-state index contributed by atoms with van der Waals surface area (Å²) < 4.78 is 2.31. The average molecular weight is 189 g/mol. The first-order valence-corrected chi connectivity index (χ1v) is 5.13. The molecule has 1 aromatic heterocycles. The molecule has 1 aromatic rings. The van der Waals surface area contributed by atoms with Crippen LogP contribution in [0.3, 0.4) is 0 Å². The molecule has 1 aliphatic rings. The highest BCUT2D eigenvalue weighted by molar-refractivity contribution is 5.81. The number of nitrogens with zero attached hydrogens (tertiary/aromatic N) is 1. The maximum atomic E-state index is 10.4. The van der Waals surface area contributed by atoms with Crippen molar-refractivity contribution in [1.29, 1.82) is 0 Å². The van der Waals surface area contributed by atoms with E-state index in [1.807, 2.05) is 6.92 Å². The number of rotatable bonds is 2. The predicted octanol–water partition coefficient (Wildman–Crippen LogP) is 2.43. The van der Waals surface area contributed by atoms with Gasteiger partial charge in [0.25, 0.3) is 0 Å². The Hall–Kier alpha value is -1.31. The average Bonchev–Trinajstić information content (AvgIpc) is 2.61. The highest BCUT2D eigenvalue weighted by Gasteiger charge is 2.13. The first-order chi connectivity index (χ1) is 6.83. The van der Waals surface area contributed by atoms with Crippen molar-refractivity contribution in [2.45, 2.75) is 32.7 Å². The van der Waals surface area contributed by atoms with Gasteiger partial charge in [-0.3, -0.25) is 4.79 Å². The Morgan fingerprint density at radius 3 is 3.14 bits per heavy atom. The van der Waals surface area contributed by atoms with E-state index in [-0.39, 0.29) is 0 Å². The monoisotopic (exact) mass is 189 g/mol. The predicted molar refractivity (Wildman–Crippen MR) is 57.1 cm³/mol. The Labute approximate surface area is 84.2 Å². The van der Waals surface area contributed by atoms with Crippen LogP contribution in [-0.4, -0.2) is 10.9 Å². The summed E-state index contributed by atoms with van der Waals surface area (Å²) in [4.78, 5) is 10.4. The van der Waals surface area contributed by atoms with Crippen molar-refractivity contribution in [2.24, 2.45) is 0 Å². The fourth-order valence-electron chi connectivity index (χ4n) is 2.12. The van der Waals surface area contributed by atoms with Gasteiger partial charge in [0, 0.05) is 18.4 Å². The molecule has 0 saturated heterocycles. The van der Waals surface area contributed by atoms with Gasteiger partial charge in [0.05, 0.1) is 0 Å². The number of hydrogen-bond donors (Lipinski definition) is 0. The van der Waals surface area contributed by atoms with Crippen LogP contribution in [0, 0.1) is 0 Å². The topological polar surface area (TPSA) is 22.0 Å². The third-order valence-electron chi connectivity index (χ3n) is 2.88. The molecule has 0 fully saturated rings. The van der Waals surface area contributed by atoms with E-state index in [1.165, 1.54) is 24.1 Å². The molecule has 0 amide bonds. The van der Waals surface area contributed by atoms with E-state index in [0.29, 0.717) is 0 Å². The number of hydrogen-bond acceptors (Lipinski definition) is 1. The zero-order chi connectivity index (χ0) is 9.97. The molecule has 74 valence electrons. The van der Waals surface area contributed by atoms with Gasteiger partial charge in [0.15, 0.2) is 0 Å². The SMILES string of the molecule is C/C(=C\C=O)c1ccn2c1CCCC2. The summed E-state index contributed by atoms with van der Waals surface area (Å²) in [5.41, 5.74) is 3.72. The number of aromatic nitrogens is 1. The van der Waals surface area contributed by atoms with Crippen LogP contribution in [0.25, 0.3) is 5.57 Å². The number of aldehydes is 1. The minimum Gasteiger partial charge on any atom is -0.351 e. The molecule has 14 heavy (non-hydrogen) atoms. The largest absolute Gasteiger partial charge is 0.351 e. The fraction of sp³-hybridized carbons (Fsp3) is 0.417. The molecule has 0 spiro atoms. The Morgan fingerprint density at radius 2 is 2.36 bits per heavy atom. The third-order valence-corrected chi connectivity index (χ3v) is 2.88. The third kappa shape index (κ3) is 1.52. The molecule has 0 bridgehead atoms. The van der Waals surface area contributed by atoms with Crippen molar-refractivity contribution >= 4 is 11.9 Å². The lowest BCUT2D eigenvalue weighted by molar-refractivity contribution is -0.104. The van der Waals surface area contributed by atoms with Gasteiger partial charge in [0.1, 0.15) is 6.29 Å². The van der Waals surface area contributed by atoms with Crippen molar-refractivity contribution in [3.8, 4) is 0 Å². The maximum absolute atomic E-state index is 10.4. The molecular weight excluding hydrogens is 174 g/mol. The van der Waals surface area contributed by atoms with Crippen LogP contribution < -0.4 is 0 Å². The van der Waals surface area contributed by atoms with E-state index >= 15 is 0 Å². The Morgan fingerprint density at radius 1 is 1.50 bits per heavy atom. The minimum absolute atomic E-state index is 0.863. The van der Waals surface area contributed by atoms with Gasteiger partial charge in [-0.15, -0.1) is 0 Å². The van der Waals surface area contributed by atoms with E-state index in [0.717, 1.165) is 24.8 Å². The van der Waals surface area contributed by atoms with Crippen molar-refractivity contribution in [3.05, 3.63) is 29.6 Å². The van der Waals surface area contributed by atoms with Crippen molar-refractivity contribution in [2.75, 3.05) is 0 Å². The van der Waals surface area contributed by atoms with Crippen molar-refractivity contribution < 1.29 is 4.79 Å². The van der Waals surface area contributed by atoms with Gasteiger partial charge < -0.3 is 4.57 Å². The van der Waals surface area contributed by atoms with E-state index in [1.54, 1.807) is 6.08 Å². The van der Waals surface area contributed by atoms with Crippen LogP contribution >= 0.6 is 0 Å². The van der Waals surface area contributed by atoms with Crippen LogP contribution in [0.4, 0.5) is 0 Å². The van der Waals surface area contributed by atoms with Gasteiger partial charge in [-0.25, -0.2) is 0 Å². The van der Waals surface area contributed by atoms with Crippen LogP contribution in [0.15, 0.2) is 18.3 Å². The lowest BCUT2D eigenvalue weighted by atomic mass is 10.0. The zero-order valence-corrected chi connectivity index (χ0v) is 8.49. The number of carbonyl (C=O) groups is 1. The number of allylic oxidation sites excluding steroid dienone is 2. The molecule has 0 saturated carbocycles.